The van der Waals surface area contributed by atoms with E-state index in [1.807, 2.05) is 78.8 Å². The largest absolute Gasteiger partial charge is 0.340 e. The number of carbonyl (C=O) groups excluding carboxylic acids is 1. The fourth-order valence-corrected chi connectivity index (χ4v) is 4.12. The van der Waals surface area contributed by atoms with Gasteiger partial charge in [0, 0.05) is 13.6 Å². The minimum atomic E-state index is -0.154. The van der Waals surface area contributed by atoms with Crippen LogP contribution in [0.15, 0.2) is 78.9 Å². The Morgan fingerprint density at radius 2 is 1.67 bits per heavy atom. The van der Waals surface area contributed by atoms with E-state index in [1.54, 1.807) is 4.90 Å². The molecule has 0 spiro atoms. The highest BCUT2D eigenvalue weighted by Gasteiger charge is 2.21. The van der Waals surface area contributed by atoms with Crippen molar-refractivity contribution in [2.75, 3.05) is 18.5 Å². The number of fused-ring (bicyclic) bond motifs is 1. The third kappa shape index (κ3) is 4.89. The van der Waals surface area contributed by atoms with E-state index >= 15 is 0 Å². The molecule has 2 amide bonds. The van der Waals surface area contributed by atoms with Crippen molar-refractivity contribution >= 4 is 17.4 Å². The van der Waals surface area contributed by atoms with Gasteiger partial charge in [0.1, 0.15) is 0 Å². The van der Waals surface area contributed by atoms with Gasteiger partial charge in [0.15, 0.2) is 0 Å². The van der Waals surface area contributed by atoms with Crippen molar-refractivity contribution in [3.8, 4) is 0 Å². The molecule has 0 aliphatic heterocycles. The minimum absolute atomic E-state index is 0.154. The van der Waals surface area contributed by atoms with Gasteiger partial charge < -0.3 is 0 Å². The van der Waals surface area contributed by atoms with E-state index in [9.17, 15) is 4.79 Å². The van der Waals surface area contributed by atoms with Crippen molar-refractivity contribution in [2.24, 2.45) is 5.92 Å². The van der Waals surface area contributed by atoms with Crippen molar-refractivity contribution in [1.29, 1.82) is 0 Å². The zero-order valence-corrected chi connectivity index (χ0v) is 17.4. The first-order valence-corrected chi connectivity index (χ1v) is 10.6. The van der Waals surface area contributed by atoms with E-state index in [-0.39, 0.29) is 6.03 Å². The monoisotopic (exact) mass is 398 g/mol. The Bertz CT molecular complexity index is 919. The summed E-state index contributed by atoms with van der Waals surface area (Å²) in [5.41, 5.74) is 7.54. The van der Waals surface area contributed by atoms with E-state index in [2.05, 4.69) is 23.6 Å². The summed E-state index contributed by atoms with van der Waals surface area (Å²) in [5.74, 6) is 0.645. The Hall–Kier alpha value is -3.11. The number of hydrogen-bond acceptors (Lipinski definition) is 2. The number of hydrogen-bond donors (Lipinski definition) is 1. The van der Waals surface area contributed by atoms with Crippen LogP contribution < -0.4 is 10.3 Å². The molecule has 0 saturated carbocycles. The molecule has 1 aliphatic rings. The highest BCUT2D eigenvalue weighted by molar-refractivity contribution is 5.99. The van der Waals surface area contributed by atoms with Gasteiger partial charge in [0.05, 0.1) is 11.4 Å². The third-order valence-electron chi connectivity index (χ3n) is 5.74. The summed E-state index contributed by atoms with van der Waals surface area (Å²) in [6.45, 7) is 0.819. The van der Waals surface area contributed by atoms with Gasteiger partial charge in [-0.15, -0.1) is 0 Å². The number of urea groups is 1. The lowest BCUT2D eigenvalue weighted by Gasteiger charge is -2.29. The molecule has 4 nitrogen and oxygen atoms in total. The van der Waals surface area contributed by atoms with E-state index in [0.717, 1.165) is 37.2 Å². The van der Waals surface area contributed by atoms with E-state index in [1.165, 1.54) is 17.5 Å². The van der Waals surface area contributed by atoms with Crippen molar-refractivity contribution in [1.82, 2.24) is 10.4 Å². The van der Waals surface area contributed by atoms with Gasteiger partial charge in [0.2, 0.25) is 0 Å². The fraction of sp³-hybridized carbons (Fsp3) is 0.269. The SMILES string of the molecule is CN(CCC1CCc2[c]cccc2C1)NC(=O)N(c1ccccc1)c1ccccc1. The Morgan fingerprint density at radius 1 is 1.00 bits per heavy atom. The Kier molecular flexibility index (Phi) is 6.45. The zero-order chi connectivity index (χ0) is 20.8. The highest BCUT2D eigenvalue weighted by atomic mass is 16.2. The van der Waals surface area contributed by atoms with Crippen molar-refractivity contribution < 1.29 is 4.79 Å². The lowest BCUT2D eigenvalue weighted by Crippen LogP contribution is -2.46. The van der Waals surface area contributed by atoms with Crippen LogP contribution in [0, 0.1) is 12.0 Å². The molecule has 1 unspecified atom stereocenters. The van der Waals surface area contributed by atoms with Crippen LogP contribution in [0.4, 0.5) is 16.2 Å². The summed E-state index contributed by atoms with van der Waals surface area (Å²) in [7, 11) is 1.94. The molecule has 30 heavy (non-hydrogen) atoms. The number of benzene rings is 3. The van der Waals surface area contributed by atoms with Gasteiger partial charge in [-0.2, -0.15) is 0 Å². The molecule has 3 aromatic carbocycles. The number of hydrazine groups is 1. The molecule has 1 atom stereocenters. The molecule has 0 saturated heterocycles. The van der Waals surface area contributed by atoms with Crippen LogP contribution in [-0.4, -0.2) is 24.6 Å². The van der Waals surface area contributed by atoms with Crippen molar-refractivity contribution in [3.05, 3.63) is 96.1 Å². The van der Waals surface area contributed by atoms with Crippen molar-refractivity contribution in [3.63, 3.8) is 0 Å². The van der Waals surface area contributed by atoms with E-state index in [4.69, 9.17) is 0 Å². The molecular formula is C26H28N3O. The summed E-state index contributed by atoms with van der Waals surface area (Å²) in [4.78, 5) is 14.8. The van der Waals surface area contributed by atoms with E-state index in [0.29, 0.717) is 5.92 Å². The van der Waals surface area contributed by atoms with Crippen LogP contribution in [-0.2, 0) is 12.8 Å². The molecule has 0 aromatic heterocycles. The topological polar surface area (TPSA) is 35.6 Å². The molecule has 3 aromatic rings. The number of nitrogens with one attached hydrogen (secondary N) is 1. The molecule has 0 fully saturated rings. The number of rotatable bonds is 6. The molecule has 0 heterocycles. The first kappa shape index (κ1) is 20.2. The zero-order valence-electron chi connectivity index (χ0n) is 17.4. The second-order valence-electron chi connectivity index (χ2n) is 7.92. The molecule has 1 radical (unpaired) electrons. The molecule has 4 rings (SSSR count). The van der Waals surface area contributed by atoms with Crippen LogP contribution in [0.5, 0.6) is 0 Å². The molecule has 1 N–H and O–H groups in total. The first-order valence-electron chi connectivity index (χ1n) is 10.6. The first-order chi connectivity index (χ1) is 14.7. The number of nitrogens with zero attached hydrogens (tertiary/aromatic N) is 2. The number of carbonyl (C=O) groups is 1. The van der Waals surface area contributed by atoms with Crippen molar-refractivity contribution in [2.45, 2.75) is 25.7 Å². The second-order valence-corrected chi connectivity index (χ2v) is 7.92. The summed E-state index contributed by atoms with van der Waals surface area (Å²) in [6.07, 6.45) is 4.46. The summed E-state index contributed by atoms with van der Waals surface area (Å²) < 4.78 is 0. The lowest BCUT2D eigenvalue weighted by atomic mass is 9.82. The van der Waals surface area contributed by atoms with Crippen LogP contribution in [0.25, 0.3) is 0 Å². The number of anilines is 2. The maximum atomic E-state index is 13.1. The third-order valence-corrected chi connectivity index (χ3v) is 5.74. The quantitative estimate of drug-likeness (QED) is 0.566. The Balaban J connectivity index is 1.37. The standard InChI is InChI=1S/C26H28N3O/c1-28(19-18-21-16-17-22-10-8-9-11-23(22)20-21)27-26(30)29(24-12-4-2-5-13-24)25-14-6-3-7-15-25/h2-9,11-15,21H,16-20H2,1H3,(H,27,30). The fourth-order valence-electron chi connectivity index (χ4n) is 4.12. The second kappa shape index (κ2) is 9.59. The summed E-state index contributed by atoms with van der Waals surface area (Å²) in [6, 6.07) is 29.0. The molecule has 4 heteroatoms. The molecule has 0 bridgehead atoms. The highest BCUT2D eigenvalue weighted by Crippen LogP contribution is 2.27. The number of para-hydroxylation sites is 2. The van der Waals surface area contributed by atoms with Gasteiger partial charge in [-0.25, -0.2) is 9.80 Å². The predicted octanol–water partition coefficient (Wildman–Crippen LogP) is 5.38. The van der Waals surface area contributed by atoms with Gasteiger partial charge in [-0.1, -0.05) is 54.6 Å². The van der Waals surface area contributed by atoms with Crippen LogP contribution in [0.1, 0.15) is 24.0 Å². The summed E-state index contributed by atoms with van der Waals surface area (Å²) >= 11 is 0. The van der Waals surface area contributed by atoms with Crippen LogP contribution in [0.3, 0.4) is 0 Å². The van der Waals surface area contributed by atoms with Gasteiger partial charge in [0.25, 0.3) is 0 Å². The number of aryl methyl sites for hydroxylation is 1. The maximum absolute atomic E-state index is 13.1. The average molecular weight is 399 g/mol. The summed E-state index contributed by atoms with van der Waals surface area (Å²) in [5, 5.41) is 1.91. The average Bonchev–Trinajstić information content (AvgIpc) is 2.79. The van der Waals surface area contributed by atoms with Crippen LogP contribution >= 0.6 is 0 Å². The smallest absolute Gasteiger partial charge is 0.270 e. The minimum Gasteiger partial charge on any atom is -0.270 e. The Labute approximate surface area is 179 Å². The van der Waals surface area contributed by atoms with Gasteiger partial charge >= 0.3 is 6.03 Å². The van der Waals surface area contributed by atoms with Gasteiger partial charge in [-0.05, 0) is 73.1 Å². The van der Waals surface area contributed by atoms with E-state index < -0.39 is 0 Å². The molecular weight excluding hydrogens is 370 g/mol. The molecule has 153 valence electrons. The predicted molar refractivity (Wildman–Crippen MR) is 122 cm³/mol. The van der Waals surface area contributed by atoms with Crippen LogP contribution in [0.2, 0.25) is 0 Å². The Morgan fingerprint density at radius 3 is 2.33 bits per heavy atom. The van der Waals surface area contributed by atoms with Gasteiger partial charge in [-0.3, -0.25) is 10.3 Å². The molecule has 1 aliphatic carbocycles. The normalized spacial score (nSPS) is 15.5. The lowest BCUT2D eigenvalue weighted by molar-refractivity contribution is 0.196. The maximum Gasteiger partial charge on any atom is 0.340 e. The number of amides is 2.